The van der Waals surface area contributed by atoms with Crippen LogP contribution in [-0.2, 0) is 11.3 Å². The van der Waals surface area contributed by atoms with Crippen molar-refractivity contribution in [2.75, 3.05) is 7.05 Å². The fraction of sp³-hybridized carbons (Fsp3) is 0.462. The summed E-state index contributed by atoms with van der Waals surface area (Å²) in [7, 11) is 1.75. The van der Waals surface area contributed by atoms with Gasteiger partial charge in [0.15, 0.2) is 0 Å². The van der Waals surface area contributed by atoms with Crippen LogP contribution in [0.5, 0.6) is 0 Å². The Labute approximate surface area is 116 Å². The number of amides is 1. The fourth-order valence-electron chi connectivity index (χ4n) is 1.29. The number of carbonyl (C=O) groups excluding carboxylic acids is 1. The van der Waals surface area contributed by atoms with E-state index in [1.165, 1.54) is 0 Å². The number of nitrogens with zero attached hydrogens (tertiary/aromatic N) is 1. The van der Waals surface area contributed by atoms with Crippen molar-refractivity contribution in [3.05, 3.63) is 33.4 Å². The number of carbonyl (C=O) groups is 1. The third-order valence-electron chi connectivity index (χ3n) is 2.07. The van der Waals surface area contributed by atoms with Gasteiger partial charge < -0.3 is 9.64 Å². The van der Waals surface area contributed by atoms with Crippen LogP contribution in [0.4, 0.5) is 4.79 Å². The van der Waals surface area contributed by atoms with Crippen molar-refractivity contribution in [2.24, 2.45) is 0 Å². The normalized spacial score (nSPS) is 11.1. The largest absolute Gasteiger partial charge is 0.444 e. The molecule has 0 heterocycles. The molecule has 0 aliphatic rings. The number of ether oxygens (including phenoxy) is 1. The molecule has 0 aromatic heterocycles. The minimum absolute atomic E-state index is 0.294. The minimum atomic E-state index is -0.449. The van der Waals surface area contributed by atoms with Gasteiger partial charge in [-0.1, -0.05) is 18.2 Å². The van der Waals surface area contributed by atoms with Crippen LogP contribution in [0.3, 0.4) is 0 Å². The highest BCUT2D eigenvalue weighted by atomic mass is 127. The molecule has 0 aliphatic heterocycles. The monoisotopic (exact) mass is 347 g/mol. The molecule has 0 saturated heterocycles. The summed E-state index contributed by atoms with van der Waals surface area (Å²) in [4.78, 5) is 13.4. The molecule has 0 atom stereocenters. The molecule has 0 spiro atoms. The van der Waals surface area contributed by atoms with Crippen LogP contribution in [0.25, 0.3) is 0 Å². The first kappa shape index (κ1) is 14.3. The van der Waals surface area contributed by atoms with Crippen molar-refractivity contribution >= 4 is 28.7 Å². The average molecular weight is 347 g/mol. The van der Waals surface area contributed by atoms with E-state index in [1.807, 2.05) is 45.0 Å². The second-order valence-corrected chi connectivity index (χ2v) is 6.09. The SMILES string of the molecule is CN(Cc1ccccc1I)C(=O)OC(C)(C)C. The van der Waals surface area contributed by atoms with Crippen molar-refractivity contribution in [3.8, 4) is 0 Å². The molecule has 0 bridgehead atoms. The van der Waals surface area contributed by atoms with Crippen molar-refractivity contribution < 1.29 is 9.53 Å². The lowest BCUT2D eigenvalue weighted by molar-refractivity contribution is 0.0285. The van der Waals surface area contributed by atoms with Crippen LogP contribution in [0.15, 0.2) is 24.3 Å². The number of hydrogen-bond acceptors (Lipinski definition) is 2. The lowest BCUT2D eigenvalue weighted by Crippen LogP contribution is -2.33. The Morgan fingerprint density at radius 2 is 1.94 bits per heavy atom. The first-order valence-corrected chi connectivity index (χ1v) is 6.55. The Balaban J connectivity index is 2.64. The fourth-order valence-corrected chi connectivity index (χ4v) is 1.84. The molecule has 0 aliphatic carbocycles. The van der Waals surface area contributed by atoms with Crippen molar-refractivity contribution in [3.63, 3.8) is 0 Å². The van der Waals surface area contributed by atoms with Gasteiger partial charge in [0.2, 0.25) is 0 Å². The first-order valence-electron chi connectivity index (χ1n) is 5.47. The molecular weight excluding hydrogens is 329 g/mol. The Kier molecular flexibility index (Phi) is 4.80. The topological polar surface area (TPSA) is 29.5 Å². The number of hydrogen-bond donors (Lipinski definition) is 0. The zero-order valence-corrected chi connectivity index (χ0v) is 12.8. The third kappa shape index (κ3) is 4.93. The second-order valence-electron chi connectivity index (χ2n) is 4.93. The summed E-state index contributed by atoms with van der Waals surface area (Å²) in [5, 5.41) is 0. The van der Waals surface area contributed by atoms with Gasteiger partial charge in [-0.25, -0.2) is 4.79 Å². The van der Waals surface area contributed by atoms with Crippen LogP contribution in [-0.4, -0.2) is 23.6 Å². The van der Waals surface area contributed by atoms with E-state index in [0.717, 1.165) is 9.13 Å². The summed E-state index contributed by atoms with van der Waals surface area (Å²) < 4.78 is 6.45. The Hall–Kier alpha value is -0.780. The number of benzene rings is 1. The van der Waals surface area contributed by atoms with Gasteiger partial charge in [0.05, 0.1) is 0 Å². The van der Waals surface area contributed by atoms with Crippen LogP contribution >= 0.6 is 22.6 Å². The lowest BCUT2D eigenvalue weighted by Gasteiger charge is -2.24. The summed E-state index contributed by atoms with van der Waals surface area (Å²) in [5.41, 5.74) is 0.677. The standard InChI is InChI=1S/C13H18INO2/c1-13(2,3)17-12(16)15(4)9-10-7-5-6-8-11(10)14/h5-8H,9H2,1-4H3. The highest BCUT2D eigenvalue weighted by molar-refractivity contribution is 14.1. The lowest BCUT2D eigenvalue weighted by atomic mass is 10.2. The summed E-state index contributed by atoms with van der Waals surface area (Å²) in [6.45, 7) is 6.16. The number of rotatable bonds is 2. The van der Waals surface area contributed by atoms with Gasteiger partial charge in [-0.2, -0.15) is 0 Å². The third-order valence-corrected chi connectivity index (χ3v) is 3.12. The maximum Gasteiger partial charge on any atom is 0.410 e. The average Bonchev–Trinajstić information content (AvgIpc) is 2.18. The quantitative estimate of drug-likeness (QED) is 0.765. The Morgan fingerprint density at radius 1 is 1.35 bits per heavy atom. The highest BCUT2D eigenvalue weighted by Crippen LogP contribution is 2.15. The van der Waals surface area contributed by atoms with E-state index < -0.39 is 5.60 Å². The predicted octanol–water partition coefficient (Wildman–Crippen LogP) is 3.66. The van der Waals surface area contributed by atoms with Gasteiger partial charge in [0, 0.05) is 17.2 Å². The maximum atomic E-state index is 11.8. The van der Waals surface area contributed by atoms with E-state index in [1.54, 1.807) is 11.9 Å². The molecule has 1 aromatic carbocycles. The van der Waals surface area contributed by atoms with Gasteiger partial charge in [0.25, 0.3) is 0 Å². The van der Waals surface area contributed by atoms with Crippen molar-refractivity contribution in [1.29, 1.82) is 0 Å². The van der Waals surface area contributed by atoms with E-state index in [0.29, 0.717) is 6.54 Å². The van der Waals surface area contributed by atoms with Gasteiger partial charge in [-0.15, -0.1) is 0 Å². The molecule has 0 fully saturated rings. The van der Waals surface area contributed by atoms with Gasteiger partial charge in [0.1, 0.15) is 5.60 Å². The van der Waals surface area contributed by atoms with Gasteiger partial charge in [-0.05, 0) is 55.0 Å². The molecule has 3 nitrogen and oxygen atoms in total. The molecule has 94 valence electrons. The summed E-state index contributed by atoms with van der Waals surface area (Å²) in [6.07, 6.45) is -0.294. The zero-order valence-electron chi connectivity index (χ0n) is 10.7. The first-order chi connectivity index (χ1) is 7.79. The molecule has 0 unspecified atom stereocenters. The van der Waals surface area contributed by atoms with E-state index in [2.05, 4.69) is 22.6 Å². The predicted molar refractivity (Wildman–Crippen MR) is 76.9 cm³/mol. The molecular formula is C13H18INO2. The Morgan fingerprint density at radius 3 is 2.47 bits per heavy atom. The van der Waals surface area contributed by atoms with Crippen LogP contribution in [0, 0.1) is 3.57 Å². The smallest absolute Gasteiger partial charge is 0.410 e. The number of halogens is 1. The van der Waals surface area contributed by atoms with Crippen LogP contribution < -0.4 is 0 Å². The van der Waals surface area contributed by atoms with E-state index in [9.17, 15) is 4.79 Å². The molecule has 0 radical (unpaired) electrons. The maximum absolute atomic E-state index is 11.8. The second kappa shape index (κ2) is 5.71. The summed E-state index contributed by atoms with van der Waals surface area (Å²) >= 11 is 2.27. The van der Waals surface area contributed by atoms with Crippen LogP contribution in [0.1, 0.15) is 26.3 Å². The molecule has 0 N–H and O–H groups in total. The minimum Gasteiger partial charge on any atom is -0.444 e. The van der Waals surface area contributed by atoms with E-state index in [-0.39, 0.29) is 6.09 Å². The summed E-state index contributed by atoms with van der Waals surface area (Å²) in [6, 6.07) is 8.00. The highest BCUT2D eigenvalue weighted by Gasteiger charge is 2.19. The van der Waals surface area contributed by atoms with E-state index in [4.69, 9.17) is 4.74 Å². The summed E-state index contributed by atoms with van der Waals surface area (Å²) in [5.74, 6) is 0. The zero-order chi connectivity index (χ0) is 13.1. The van der Waals surface area contributed by atoms with Gasteiger partial charge >= 0.3 is 6.09 Å². The molecule has 4 heteroatoms. The molecule has 1 amide bonds. The molecule has 17 heavy (non-hydrogen) atoms. The van der Waals surface area contributed by atoms with Crippen LogP contribution in [0.2, 0.25) is 0 Å². The van der Waals surface area contributed by atoms with Gasteiger partial charge in [-0.3, -0.25) is 0 Å². The van der Waals surface area contributed by atoms with E-state index >= 15 is 0 Å². The van der Waals surface area contributed by atoms with Crippen molar-refractivity contribution in [1.82, 2.24) is 4.90 Å². The molecule has 0 saturated carbocycles. The Bertz CT molecular complexity index is 399. The molecule has 1 aromatic rings. The van der Waals surface area contributed by atoms with Crippen molar-refractivity contribution in [2.45, 2.75) is 32.9 Å². The molecule has 1 rings (SSSR count).